The van der Waals surface area contributed by atoms with Gasteiger partial charge in [-0.05, 0) is 31.5 Å². The van der Waals surface area contributed by atoms with Crippen LogP contribution >= 0.6 is 0 Å². The van der Waals surface area contributed by atoms with E-state index in [2.05, 4.69) is 25.6 Å². The van der Waals surface area contributed by atoms with E-state index in [9.17, 15) is 0 Å². The van der Waals surface area contributed by atoms with Crippen LogP contribution in [0.25, 0.3) is 11.3 Å². The van der Waals surface area contributed by atoms with Crippen molar-refractivity contribution < 1.29 is 0 Å². The number of hydrogen-bond donors (Lipinski definition) is 2. The fourth-order valence-corrected chi connectivity index (χ4v) is 2.33. The highest BCUT2D eigenvalue weighted by molar-refractivity contribution is 5.70. The predicted molar refractivity (Wildman–Crippen MR) is 74.8 cm³/mol. The molecule has 0 spiro atoms. The standard InChI is InChI=1S/C14H17N5/c1-3-11(9-15-5-1)13-14(18-8-7-17-13)19-12-4-2-6-16-10-12/h1,3,5,7-9,12,16H,2,4,6,10H2,(H,18,19)/t12-/m1/s1. The average molecular weight is 255 g/mol. The third-order valence-corrected chi connectivity index (χ3v) is 3.27. The van der Waals surface area contributed by atoms with Gasteiger partial charge in [-0.3, -0.25) is 9.97 Å². The van der Waals surface area contributed by atoms with Crippen LogP contribution in [0.2, 0.25) is 0 Å². The summed E-state index contributed by atoms with van der Waals surface area (Å²) >= 11 is 0. The smallest absolute Gasteiger partial charge is 0.152 e. The monoisotopic (exact) mass is 255 g/mol. The average Bonchev–Trinajstić information content (AvgIpc) is 2.50. The summed E-state index contributed by atoms with van der Waals surface area (Å²) in [6.07, 6.45) is 9.37. The minimum atomic E-state index is 0.417. The first kappa shape index (κ1) is 12.0. The number of nitrogens with one attached hydrogen (secondary N) is 2. The molecule has 0 aromatic carbocycles. The number of anilines is 1. The summed E-state index contributed by atoms with van der Waals surface area (Å²) in [4.78, 5) is 13.0. The van der Waals surface area contributed by atoms with Crippen LogP contribution in [-0.2, 0) is 0 Å². The summed E-state index contributed by atoms with van der Waals surface area (Å²) in [5.41, 5.74) is 1.85. The fourth-order valence-electron chi connectivity index (χ4n) is 2.33. The molecule has 0 unspecified atom stereocenters. The van der Waals surface area contributed by atoms with E-state index in [0.717, 1.165) is 36.6 Å². The fraction of sp³-hybridized carbons (Fsp3) is 0.357. The van der Waals surface area contributed by atoms with Gasteiger partial charge in [0.05, 0.1) is 0 Å². The molecule has 2 aromatic heterocycles. The maximum atomic E-state index is 4.43. The zero-order valence-electron chi connectivity index (χ0n) is 10.7. The summed E-state index contributed by atoms with van der Waals surface area (Å²) in [6, 6.07) is 4.33. The van der Waals surface area contributed by atoms with Crippen molar-refractivity contribution in [2.45, 2.75) is 18.9 Å². The Bertz CT molecular complexity index is 522. The van der Waals surface area contributed by atoms with Crippen LogP contribution in [0.4, 0.5) is 5.82 Å². The van der Waals surface area contributed by atoms with E-state index in [1.54, 1.807) is 18.6 Å². The van der Waals surface area contributed by atoms with E-state index in [1.807, 2.05) is 18.3 Å². The maximum absolute atomic E-state index is 4.43. The Labute approximate surface area is 112 Å². The zero-order chi connectivity index (χ0) is 12.9. The van der Waals surface area contributed by atoms with E-state index in [1.165, 1.54) is 6.42 Å². The van der Waals surface area contributed by atoms with E-state index >= 15 is 0 Å². The first-order chi connectivity index (χ1) is 9.43. The largest absolute Gasteiger partial charge is 0.364 e. The molecule has 1 saturated heterocycles. The minimum Gasteiger partial charge on any atom is -0.364 e. The lowest BCUT2D eigenvalue weighted by Crippen LogP contribution is -2.38. The number of rotatable bonds is 3. The van der Waals surface area contributed by atoms with E-state index in [4.69, 9.17) is 0 Å². The molecule has 0 amide bonds. The normalized spacial score (nSPS) is 19.1. The van der Waals surface area contributed by atoms with Gasteiger partial charge in [-0.1, -0.05) is 0 Å². The van der Waals surface area contributed by atoms with Gasteiger partial charge in [0.1, 0.15) is 5.69 Å². The van der Waals surface area contributed by atoms with Crippen LogP contribution in [-0.4, -0.2) is 34.1 Å². The van der Waals surface area contributed by atoms with Gasteiger partial charge in [-0.15, -0.1) is 0 Å². The van der Waals surface area contributed by atoms with Crippen molar-refractivity contribution in [1.29, 1.82) is 0 Å². The highest BCUT2D eigenvalue weighted by atomic mass is 15.1. The van der Waals surface area contributed by atoms with Gasteiger partial charge in [0.25, 0.3) is 0 Å². The van der Waals surface area contributed by atoms with Crippen molar-refractivity contribution in [3.8, 4) is 11.3 Å². The lowest BCUT2D eigenvalue weighted by Gasteiger charge is -2.24. The van der Waals surface area contributed by atoms with Gasteiger partial charge < -0.3 is 10.6 Å². The molecule has 5 heteroatoms. The number of hydrogen-bond acceptors (Lipinski definition) is 5. The van der Waals surface area contributed by atoms with Crippen molar-refractivity contribution in [3.63, 3.8) is 0 Å². The van der Waals surface area contributed by atoms with Gasteiger partial charge in [-0.25, -0.2) is 4.98 Å². The topological polar surface area (TPSA) is 62.7 Å². The van der Waals surface area contributed by atoms with Gasteiger partial charge in [-0.2, -0.15) is 0 Å². The van der Waals surface area contributed by atoms with Crippen molar-refractivity contribution in [2.75, 3.05) is 18.4 Å². The molecule has 3 rings (SSSR count). The van der Waals surface area contributed by atoms with Crippen LogP contribution in [0.1, 0.15) is 12.8 Å². The SMILES string of the molecule is c1cncc(-c2nccnc2N[C@@H]2CCCNC2)c1. The highest BCUT2D eigenvalue weighted by Gasteiger charge is 2.15. The van der Waals surface area contributed by atoms with E-state index in [0.29, 0.717) is 6.04 Å². The number of piperidine rings is 1. The summed E-state index contributed by atoms with van der Waals surface area (Å²) in [5, 5.41) is 6.88. The summed E-state index contributed by atoms with van der Waals surface area (Å²) < 4.78 is 0. The Balaban J connectivity index is 1.85. The van der Waals surface area contributed by atoms with Gasteiger partial charge >= 0.3 is 0 Å². The summed E-state index contributed by atoms with van der Waals surface area (Å²) in [6.45, 7) is 2.08. The van der Waals surface area contributed by atoms with Gasteiger partial charge in [0.15, 0.2) is 5.82 Å². The van der Waals surface area contributed by atoms with Crippen LogP contribution in [0.3, 0.4) is 0 Å². The van der Waals surface area contributed by atoms with Crippen LogP contribution in [0.15, 0.2) is 36.9 Å². The molecule has 5 nitrogen and oxygen atoms in total. The molecule has 0 bridgehead atoms. The highest BCUT2D eigenvalue weighted by Crippen LogP contribution is 2.23. The third-order valence-electron chi connectivity index (χ3n) is 3.27. The lowest BCUT2D eigenvalue weighted by molar-refractivity contribution is 0.479. The molecule has 1 fully saturated rings. The maximum Gasteiger partial charge on any atom is 0.152 e. The van der Waals surface area contributed by atoms with Crippen LogP contribution in [0, 0.1) is 0 Å². The minimum absolute atomic E-state index is 0.417. The Kier molecular flexibility index (Phi) is 3.65. The molecule has 19 heavy (non-hydrogen) atoms. The molecular formula is C14H17N5. The summed E-state index contributed by atoms with van der Waals surface area (Å²) in [5.74, 6) is 0.837. The second kappa shape index (κ2) is 5.75. The van der Waals surface area contributed by atoms with Crippen molar-refractivity contribution in [1.82, 2.24) is 20.3 Å². The Hall–Kier alpha value is -2.01. The Morgan fingerprint density at radius 1 is 1.21 bits per heavy atom. The van der Waals surface area contributed by atoms with Crippen LogP contribution < -0.4 is 10.6 Å². The molecule has 1 atom stereocenters. The number of nitrogens with zero attached hydrogens (tertiary/aromatic N) is 3. The molecule has 1 aliphatic rings. The van der Waals surface area contributed by atoms with E-state index in [-0.39, 0.29) is 0 Å². The second-order valence-corrected chi connectivity index (χ2v) is 4.68. The van der Waals surface area contributed by atoms with Gasteiger partial charge in [0, 0.05) is 42.9 Å². The molecule has 2 aromatic rings. The number of aromatic nitrogens is 3. The molecular weight excluding hydrogens is 238 g/mol. The molecule has 1 aliphatic heterocycles. The summed E-state index contributed by atoms with van der Waals surface area (Å²) in [7, 11) is 0. The van der Waals surface area contributed by atoms with Gasteiger partial charge in [0.2, 0.25) is 0 Å². The Morgan fingerprint density at radius 3 is 2.95 bits per heavy atom. The molecule has 3 heterocycles. The number of pyridine rings is 1. The van der Waals surface area contributed by atoms with Crippen molar-refractivity contribution in [3.05, 3.63) is 36.9 Å². The van der Waals surface area contributed by atoms with Crippen molar-refractivity contribution >= 4 is 5.82 Å². The molecule has 0 radical (unpaired) electrons. The van der Waals surface area contributed by atoms with Crippen molar-refractivity contribution in [2.24, 2.45) is 0 Å². The third kappa shape index (κ3) is 2.88. The molecule has 0 aliphatic carbocycles. The van der Waals surface area contributed by atoms with Crippen LogP contribution in [0.5, 0.6) is 0 Å². The molecule has 2 N–H and O–H groups in total. The zero-order valence-corrected chi connectivity index (χ0v) is 10.7. The van der Waals surface area contributed by atoms with E-state index < -0.39 is 0 Å². The molecule has 0 saturated carbocycles. The first-order valence-electron chi connectivity index (χ1n) is 6.62. The predicted octanol–water partition coefficient (Wildman–Crippen LogP) is 1.70. The quantitative estimate of drug-likeness (QED) is 0.874. The second-order valence-electron chi connectivity index (χ2n) is 4.68. The Morgan fingerprint density at radius 2 is 2.16 bits per heavy atom. The first-order valence-corrected chi connectivity index (χ1v) is 6.62. The molecule has 98 valence electrons. The lowest BCUT2D eigenvalue weighted by atomic mass is 10.1.